The van der Waals surface area contributed by atoms with Crippen molar-refractivity contribution < 1.29 is 33.3 Å². The SMILES string of the molecule is CCOC(=O)C1CCCN(C(=O)CC2=CSC3=NC(C)=C(C(=O)OC(C)C)C(c4cc(OC)ccc4OC)N23)C1. The van der Waals surface area contributed by atoms with Gasteiger partial charge in [-0.25, -0.2) is 9.79 Å². The van der Waals surface area contributed by atoms with Gasteiger partial charge in [-0.2, -0.15) is 0 Å². The Morgan fingerprint density at radius 3 is 2.62 bits per heavy atom. The number of carbonyl (C=O) groups is 3. The van der Waals surface area contributed by atoms with Gasteiger partial charge < -0.3 is 28.7 Å². The van der Waals surface area contributed by atoms with E-state index in [1.807, 2.05) is 16.4 Å². The minimum atomic E-state index is -0.661. The number of methoxy groups -OCH3 is 2. The Labute approximate surface area is 239 Å². The van der Waals surface area contributed by atoms with E-state index in [4.69, 9.17) is 23.9 Å². The van der Waals surface area contributed by atoms with E-state index in [1.165, 1.54) is 11.8 Å². The van der Waals surface area contributed by atoms with Crippen molar-refractivity contribution in [2.75, 3.05) is 33.9 Å². The molecule has 0 N–H and O–H groups in total. The Kier molecular flexibility index (Phi) is 9.44. The van der Waals surface area contributed by atoms with Gasteiger partial charge >= 0.3 is 11.9 Å². The lowest BCUT2D eigenvalue weighted by Crippen LogP contribution is -2.44. The summed E-state index contributed by atoms with van der Waals surface area (Å²) < 4.78 is 22.1. The summed E-state index contributed by atoms with van der Waals surface area (Å²) in [6, 6.07) is 4.75. The van der Waals surface area contributed by atoms with Gasteiger partial charge in [0.1, 0.15) is 11.5 Å². The van der Waals surface area contributed by atoms with E-state index in [0.717, 1.165) is 6.42 Å². The van der Waals surface area contributed by atoms with Crippen LogP contribution in [0.4, 0.5) is 0 Å². The molecule has 3 heterocycles. The number of amides is 1. The molecular formula is C29H37N3O7S. The molecule has 1 aromatic carbocycles. The summed E-state index contributed by atoms with van der Waals surface area (Å²) in [4.78, 5) is 47.8. The molecule has 4 rings (SSSR count). The second kappa shape index (κ2) is 12.8. The van der Waals surface area contributed by atoms with Crippen molar-refractivity contribution in [1.29, 1.82) is 0 Å². The highest BCUT2D eigenvalue weighted by Crippen LogP contribution is 2.48. The van der Waals surface area contributed by atoms with Gasteiger partial charge in [0.25, 0.3) is 0 Å². The van der Waals surface area contributed by atoms with Crippen LogP contribution < -0.4 is 9.47 Å². The first-order valence-electron chi connectivity index (χ1n) is 13.5. The number of thioether (sulfide) groups is 1. The number of piperidine rings is 1. The van der Waals surface area contributed by atoms with E-state index in [0.29, 0.717) is 65.3 Å². The molecule has 2 atom stereocenters. The van der Waals surface area contributed by atoms with Gasteiger partial charge in [-0.05, 0) is 64.1 Å². The number of hydrogen-bond donors (Lipinski definition) is 0. The summed E-state index contributed by atoms with van der Waals surface area (Å²) in [5, 5.41) is 2.55. The van der Waals surface area contributed by atoms with Crippen LogP contribution in [0.15, 0.2) is 45.6 Å². The molecule has 40 heavy (non-hydrogen) atoms. The monoisotopic (exact) mass is 571 g/mol. The zero-order valence-electron chi connectivity index (χ0n) is 23.9. The Bertz CT molecular complexity index is 1260. The molecule has 11 heteroatoms. The van der Waals surface area contributed by atoms with Crippen molar-refractivity contribution in [3.63, 3.8) is 0 Å². The standard InChI is InChI=1S/C29H37N3O7S/c1-7-38-27(34)19-9-8-12-31(15-19)24(33)13-20-16-40-29-30-18(4)25(28(35)39-17(2)3)26(32(20)29)22-14-21(36-5)10-11-23(22)37-6/h10-11,14,16-17,19,26H,7-9,12-13,15H2,1-6H3. The molecule has 0 aromatic heterocycles. The minimum absolute atomic E-state index is 0.0793. The van der Waals surface area contributed by atoms with Gasteiger partial charge in [-0.15, -0.1) is 0 Å². The van der Waals surface area contributed by atoms with Crippen LogP contribution in [0.2, 0.25) is 0 Å². The second-order valence-electron chi connectivity index (χ2n) is 10.1. The highest BCUT2D eigenvalue weighted by atomic mass is 32.2. The summed E-state index contributed by atoms with van der Waals surface area (Å²) in [7, 11) is 3.15. The fourth-order valence-electron chi connectivity index (χ4n) is 5.18. The number of carbonyl (C=O) groups excluding carboxylic acids is 3. The molecule has 0 spiro atoms. The number of allylic oxidation sites excluding steroid dienone is 1. The van der Waals surface area contributed by atoms with Crippen LogP contribution in [0.25, 0.3) is 0 Å². The molecule has 1 saturated heterocycles. The number of esters is 2. The molecule has 3 aliphatic rings. The highest BCUT2D eigenvalue weighted by molar-refractivity contribution is 8.16. The maximum atomic E-state index is 13.6. The molecule has 10 nitrogen and oxygen atoms in total. The molecular weight excluding hydrogens is 534 g/mol. The van der Waals surface area contributed by atoms with Crippen LogP contribution in [0.1, 0.15) is 58.6 Å². The fourth-order valence-corrected chi connectivity index (χ4v) is 6.14. The number of fused-ring (bicyclic) bond motifs is 1. The molecule has 0 bridgehead atoms. The summed E-state index contributed by atoms with van der Waals surface area (Å²) in [5.41, 5.74) is 2.29. The second-order valence-corrected chi connectivity index (χ2v) is 10.9. The highest BCUT2D eigenvalue weighted by Gasteiger charge is 2.43. The summed E-state index contributed by atoms with van der Waals surface area (Å²) in [5.74, 6) is -0.0165. The molecule has 3 aliphatic heterocycles. The van der Waals surface area contributed by atoms with Crippen molar-refractivity contribution in [2.24, 2.45) is 10.9 Å². The fraction of sp³-hybridized carbons (Fsp3) is 0.517. The quantitative estimate of drug-likeness (QED) is 0.398. The zero-order chi connectivity index (χ0) is 29.0. The van der Waals surface area contributed by atoms with Gasteiger partial charge in [-0.3, -0.25) is 9.59 Å². The summed E-state index contributed by atoms with van der Waals surface area (Å²) in [6.45, 7) is 8.38. The average Bonchev–Trinajstić information content (AvgIpc) is 3.33. The average molecular weight is 572 g/mol. The Morgan fingerprint density at radius 2 is 1.95 bits per heavy atom. The summed E-state index contributed by atoms with van der Waals surface area (Å²) >= 11 is 1.40. The van der Waals surface area contributed by atoms with Crippen molar-refractivity contribution >= 4 is 34.8 Å². The number of aliphatic imine (C=N–C) groups is 1. The van der Waals surface area contributed by atoms with Crippen LogP contribution in [0.5, 0.6) is 11.5 Å². The third kappa shape index (κ3) is 6.14. The summed E-state index contributed by atoms with van der Waals surface area (Å²) in [6.07, 6.45) is 1.18. The number of nitrogens with zero attached hydrogens (tertiary/aromatic N) is 3. The predicted octanol–water partition coefficient (Wildman–Crippen LogP) is 4.42. The van der Waals surface area contributed by atoms with Crippen LogP contribution >= 0.6 is 11.8 Å². The van der Waals surface area contributed by atoms with Gasteiger partial charge in [0.05, 0.1) is 56.6 Å². The first-order chi connectivity index (χ1) is 19.2. The van der Waals surface area contributed by atoms with E-state index in [1.54, 1.807) is 58.9 Å². The van der Waals surface area contributed by atoms with Crippen molar-refractivity contribution in [3.05, 3.63) is 46.1 Å². The third-order valence-corrected chi connectivity index (χ3v) is 7.91. The number of hydrogen-bond acceptors (Lipinski definition) is 10. The number of rotatable bonds is 9. The van der Waals surface area contributed by atoms with Crippen molar-refractivity contribution in [2.45, 2.75) is 59.1 Å². The maximum Gasteiger partial charge on any atom is 0.338 e. The van der Waals surface area contributed by atoms with E-state index < -0.39 is 12.0 Å². The van der Waals surface area contributed by atoms with Gasteiger partial charge in [0, 0.05) is 24.4 Å². The molecule has 1 aromatic rings. The molecule has 1 fully saturated rings. The van der Waals surface area contributed by atoms with E-state index in [9.17, 15) is 14.4 Å². The molecule has 2 unspecified atom stereocenters. The lowest BCUT2D eigenvalue weighted by Gasteiger charge is -2.38. The van der Waals surface area contributed by atoms with Crippen LogP contribution in [-0.4, -0.2) is 72.8 Å². The Morgan fingerprint density at radius 1 is 1.18 bits per heavy atom. The van der Waals surface area contributed by atoms with Gasteiger partial charge in [0.15, 0.2) is 5.17 Å². The van der Waals surface area contributed by atoms with Gasteiger partial charge in [0.2, 0.25) is 5.91 Å². The first-order valence-corrected chi connectivity index (χ1v) is 14.4. The lowest BCUT2D eigenvalue weighted by molar-refractivity contribution is -0.151. The topological polar surface area (TPSA) is 107 Å². The number of likely N-dealkylation sites (tertiary alicyclic amines) is 1. The van der Waals surface area contributed by atoms with E-state index >= 15 is 0 Å². The molecule has 0 saturated carbocycles. The third-order valence-electron chi connectivity index (χ3n) is 7.02. The zero-order valence-corrected chi connectivity index (χ0v) is 24.7. The Hall–Kier alpha value is -3.47. The van der Waals surface area contributed by atoms with E-state index in [2.05, 4.69) is 0 Å². The van der Waals surface area contributed by atoms with Crippen molar-refractivity contribution in [1.82, 2.24) is 9.80 Å². The number of ether oxygens (including phenoxy) is 4. The Balaban J connectivity index is 1.69. The lowest BCUT2D eigenvalue weighted by atomic mass is 9.92. The normalized spacial score (nSPS) is 20.6. The van der Waals surface area contributed by atoms with Gasteiger partial charge in [-0.1, -0.05) is 11.8 Å². The number of benzene rings is 1. The molecule has 0 aliphatic carbocycles. The maximum absolute atomic E-state index is 13.6. The predicted molar refractivity (Wildman–Crippen MR) is 152 cm³/mol. The molecule has 0 radical (unpaired) electrons. The smallest absolute Gasteiger partial charge is 0.338 e. The van der Waals surface area contributed by atoms with Crippen LogP contribution in [0.3, 0.4) is 0 Å². The first kappa shape index (κ1) is 29.5. The minimum Gasteiger partial charge on any atom is -0.497 e. The van der Waals surface area contributed by atoms with E-state index in [-0.39, 0.29) is 30.3 Å². The largest absolute Gasteiger partial charge is 0.497 e. The molecule has 216 valence electrons. The number of amidine groups is 1. The van der Waals surface area contributed by atoms with Crippen LogP contribution in [-0.2, 0) is 23.9 Å². The van der Waals surface area contributed by atoms with Crippen molar-refractivity contribution in [3.8, 4) is 11.5 Å². The van der Waals surface area contributed by atoms with Crippen LogP contribution in [0, 0.1) is 5.92 Å². The molecule has 1 amide bonds.